The van der Waals surface area contributed by atoms with Crippen molar-refractivity contribution in [2.75, 3.05) is 0 Å². The summed E-state index contributed by atoms with van der Waals surface area (Å²) in [5.74, 6) is -1.72. The van der Waals surface area contributed by atoms with Crippen molar-refractivity contribution in [3.63, 3.8) is 0 Å². The molecule has 0 aliphatic heterocycles. The van der Waals surface area contributed by atoms with E-state index in [0.29, 0.717) is 34.3 Å². The largest absolute Gasteiger partial charge is 0.475 e. The molecule has 2 aromatic heterocycles. The lowest BCUT2D eigenvalue weighted by Crippen LogP contribution is -1.99. The highest BCUT2D eigenvalue weighted by Gasteiger charge is 2.21. The Bertz CT molecular complexity index is 920. The number of halogens is 2. The summed E-state index contributed by atoms with van der Waals surface area (Å²) in [4.78, 5) is 15.9. The van der Waals surface area contributed by atoms with Crippen LogP contribution in [-0.2, 0) is 6.42 Å². The molecule has 4 nitrogen and oxygen atoms in total. The average molecular weight is 348 g/mol. The fourth-order valence-electron chi connectivity index (χ4n) is 2.60. The van der Waals surface area contributed by atoms with Gasteiger partial charge in [0, 0.05) is 11.1 Å². The SMILES string of the molecule is CCCCc1c(C(=O)O)oc2ccc(-c3ccc(Cl)c(F)c3)nc12. The molecule has 124 valence electrons. The van der Waals surface area contributed by atoms with Crippen LogP contribution in [0.5, 0.6) is 0 Å². The van der Waals surface area contributed by atoms with Crippen LogP contribution >= 0.6 is 11.6 Å². The number of pyridine rings is 1. The Morgan fingerprint density at radius 2 is 2.12 bits per heavy atom. The van der Waals surface area contributed by atoms with Crippen LogP contribution < -0.4 is 0 Å². The first-order valence-electron chi connectivity index (χ1n) is 7.62. The highest BCUT2D eigenvalue weighted by atomic mass is 35.5. The van der Waals surface area contributed by atoms with Crippen molar-refractivity contribution in [2.45, 2.75) is 26.2 Å². The lowest BCUT2D eigenvalue weighted by molar-refractivity contribution is 0.0663. The summed E-state index contributed by atoms with van der Waals surface area (Å²) >= 11 is 5.71. The lowest BCUT2D eigenvalue weighted by Gasteiger charge is -2.03. The molecule has 3 aromatic rings. The molecule has 3 rings (SSSR count). The quantitative estimate of drug-likeness (QED) is 0.677. The van der Waals surface area contributed by atoms with Crippen molar-refractivity contribution >= 4 is 28.7 Å². The van der Waals surface area contributed by atoms with Crippen molar-refractivity contribution < 1.29 is 18.7 Å². The van der Waals surface area contributed by atoms with Crippen molar-refractivity contribution in [3.05, 3.63) is 52.5 Å². The van der Waals surface area contributed by atoms with Crippen LogP contribution in [-0.4, -0.2) is 16.1 Å². The highest BCUT2D eigenvalue weighted by Crippen LogP contribution is 2.30. The van der Waals surface area contributed by atoms with Crippen molar-refractivity contribution in [3.8, 4) is 11.3 Å². The maximum Gasteiger partial charge on any atom is 0.372 e. The van der Waals surface area contributed by atoms with Crippen LogP contribution in [0.25, 0.3) is 22.4 Å². The number of fused-ring (bicyclic) bond motifs is 1. The van der Waals surface area contributed by atoms with Gasteiger partial charge in [-0.2, -0.15) is 0 Å². The van der Waals surface area contributed by atoms with Gasteiger partial charge < -0.3 is 9.52 Å². The average Bonchev–Trinajstić information content (AvgIpc) is 2.93. The van der Waals surface area contributed by atoms with Gasteiger partial charge in [0.2, 0.25) is 5.76 Å². The molecule has 24 heavy (non-hydrogen) atoms. The Morgan fingerprint density at radius 1 is 1.33 bits per heavy atom. The molecule has 6 heteroatoms. The summed E-state index contributed by atoms with van der Waals surface area (Å²) < 4.78 is 19.1. The van der Waals surface area contributed by atoms with Crippen molar-refractivity contribution in [1.82, 2.24) is 4.98 Å². The molecule has 0 amide bonds. The maximum atomic E-state index is 13.7. The summed E-state index contributed by atoms with van der Waals surface area (Å²) in [6.45, 7) is 2.03. The third kappa shape index (κ3) is 2.99. The number of rotatable bonds is 5. The van der Waals surface area contributed by atoms with Gasteiger partial charge in [-0.25, -0.2) is 14.2 Å². The number of unbranched alkanes of at least 4 members (excludes halogenated alkanes) is 1. The molecule has 0 aliphatic carbocycles. The van der Waals surface area contributed by atoms with E-state index < -0.39 is 11.8 Å². The number of hydrogen-bond acceptors (Lipinski definition) is 3. The van der Waals surface area contributed by atoms with E-state index in [1.807, 2.05) is 6.92 Å². The van der Waals surface area contributed by atoms with Gasteiger partial charge in [0.1, 0.15) is 11.3 Å². The fourth-order valence-corrected chi connectivity index (χ4v) is 2.72. The maximum absolute atomic E-state index is 13.7. The Hall–Kier alpha value is -2.40. The number of furan rings is 1. The second-order valence-corrected chi connectivity index (χ2v) is 5.90. The molecule has 0 radical (unpaired) electrons. The van der Waals surface area contributed by atoms with E-state index in [1.165, 1.54) is 12.1 Å². The second-order valence-electron chi connectivity index (χ2n) is 5.49. The van der Waals surface area contributed by atoms with E-state index in [4.69, 9.17) is 16.0 Å². The summed E-state index contributed by atoms with van der Waals surface area (Å²) in [5, 5.41) is 9.38. The first-order valence-corrected chi connectivity index (χ1v) is 8.00. The van der Waals surface area contributed by atoms with Crippen LogP contribution in [0.15, 0.2) is 34.7 Å². The minimum Gasteiger partial charge on any atom is -0.475 e. The van der Waals surface area contributed by atoms with Gasteiger partial charge in [-0.1, -0.05) is 31.0 Å². The van der Waals surface area contributed by atoms with Crippen LogP contribution in [0.1, 0.15) is 35.9 Å². The highest BCUT2D eigenvalue weighted by molar-refractivity contribution is 6.30. The second kappa shape index (κ2) is 6.61. The standard InChI is InChI=1S/C18H15ClFNO3/c1-2-3-4-11-16-15(24-17(11)18(22)23)8-7-14(21-16)10-5-6-12(19)13(20)9-10/h5-9H,2-4H2,1H3,(H,22,23). The molecule has 0 spiro atoms. The summed E-state index contributed by atoms with van der Waals surface area (Å²) in [6.07, 6.45) is 2.32. The number of carboxylic acid groups (broad SMARTS) is 1. The minimum absolute atomic E-state index is 0.0416. The first kappa shape index (κ1) is 16.5. The molecule has 0 bridgehead atoms. The number of hydrogen-bond donors (Lipinski definition) is 1. The summed E-state index contributed by atoms with van der Waals surface area (Å²) in [6, 6.07) is 7.77. The number of aryl methyl sites for hydroxylation is 1. The topological polar surface area (TPSA) is 63.3 Å². The lowest BCUT2D eigenvalue weighted by atomic mass is 10.1. The molecule has 0 saturated carbocycles. The van der Waals surface area contributed by atoms with E-state index in [-0.39, 0.29) is 10.8 Å². The van der Waals surface area contributed by atoms with Crippen LogP contribution in [0.3, 0.4) is 0 Å². The Labute approximate surface area is 142 Å². The van der Waals surface area contributed by atoms with Gasteiger partial charge in [0.05, 0.1) is 10.7 Å². The number of aromatic carboxylic acids is 1. The first-order chi connectivity index (χ1) is 11.5. The Balaban J connectivity index is 2.15. The van der Waals surface area contributed by atoms with Crippen LogP contribution in [0.4, 0.5) is 4.39 Å². The number of carbonyl (C=O) groups is 1. The molecule has 2 heterocycles. The van der Waals surface area contributed by atoms with Crippen molar-refractivity contribution in [2.24, 2.45) is 0 Å². The van der Waals surface area contributed by atoms with Crippen molar-refractivity contribution in [1.29, 1.82) is 0 Å². The van der Waals surface area contributed by atoms with Gasteiger partial charge in [0.15, 0.2) is 5.58 Å². The number of benzene rings is 1. The molecule has 0 atom stereocenters. The van der Waals surface area contributed by atoms with Gasteiger partial charge in [-0.05, 0) is 37.1 Å². The van der Waals surface area contributed by atoms with Crippen LogP contribution in [0, 0.1) is 5.82 Å². The van der Waals surface area contributed by atoms with E-state index >= 15 is 0 Å². The zero-order valence-corrected chi connectivity index (χ0v) is 13.7. The Morgan fingerprint density at radius 3 is 2.79 bits per heavy atom. The number of aromatic nitrogens is 1. The molecular weight excluding hydrogens is 333 g/mol. The summed E-state index contributed by atoms with van der Waals surface area (Å²) in [5.41, 5.74) is 2.60. The van der Waals surface area contributed by atoms with Gasteiger partial charge >= 0.3 is 5.97 Å². The molecular formula is C18H15ClFNO3. The predicted molar refractivity (Wildman–Crippen MR) is 90.0 cm³/mol. The zero-order valence-electron chi connectivity index (χ0n) is 13.0. The monoisotopic (exact) mass is 347 g/mol. The van der Waals surface area contributed by atoms with Crippen LogP contribution in [0.2, 0.25) is 5.02 Å². The van der Waals surface area contributed by atoms with E-state index in [2.05, 4.69) is 4.98 Å². The smallest absolute Gasteiger partial charge is 0.372 e. The fraction of sp³-hybridized carbons (Fsp3) is 0.222. The van der Waals surface area contributed by atoms with Gasteiger partial charge in [-0.3, -0.25) is 0 Å². The predicted octanol–water partition coefficient (Wildman–Crippen LogP) is 5.33. The third-order valence-electron chi connectivity index (χ3n) is 3.82. The number of carboxylic acids is 1. The summed E-state index contributed by atoms with van der Waals surface area (Å²) in [7, 11) is 0. The zero-order chi connectivity index (χ0) is 17.3. The molecule has 0 unspecified atom stereocenters. The molecule has 0 fully saturated rings. The molecule has 1 N–H and O–H groups in total. The normalized spacial score (nSPS) is 11.1. The minimum atomic E-state index is -1.11. The van der Waals surface area contributed by atoms with Gasteiger partial charge in [0.25, 0.3) is 0 Å². The molecule has 0 saturated heterocycles. The molecule has 0 aliphatic rings. The van der Waals surface area contributed by atoms with Gasteiger partial charge in [-0.15, -0.1) is 0 Å². The third-order valence-corrected chi connectivity index (χ3v) is 4.13. The number of nitrogens with zero attached hydrogens (tertiary/aromatic N) is 1. The Kier molecular flexibility index (Phi) is 4.53. The van der Waals surface area contributed by atoms with E-state index in [1.54, 1.807) is 18.2 Å². The van der Waals surface area contributed by atoms with E-state index in [0.717, 1.165) is 12.8 Å². The van der Waals surface area contributed by atoms with E-state index in [9.17, 15) is 14.3 Å². The molecule has 1 aromatic carbocycles.